The van der Waals surface area contributed by atoms with E-state index in [0.29, 0.717) is 37.2 Å². The maximum atomic E-state index is 16.3. The number of carbonyl (C=O) groups is 2. The Bertz CT molecular complexity index is 2560. The number of imide groups is 1. The van der Waals surface area contributed by atoms with Gasteiger partial charge in [-0.3, -0.25) is 29.5 Å². The zero-order valence-corrected chi connectivity index (χ0v) is 35.0. The number of piperidine rings is 2. The zero-order chi connectivity index (χ0) is 43.0. The summed E-state index contributed by atoms with van der Waals surface area (Å²) in [4.78, 5) is 35.0. The van der Waals surface area contributed by atoms with Crippen molar-refractivity contribution in [1.82, 2.24) is 29.3 Å². The number of amides is 2. The highest BCUT2D eigenvalue weighted by Crippen LogP contribution is 2.38. The lowest BCUT2D eigenvalue weighted by Crippen LogP contribution is -2.49. The fraction of sp³-hybridized carbons (Fsp3) is 0.378. The number of anilines is 3. The molecule has 13 nitrogen and oxygen atoms in total. The van der Waals surface area contributed by atoms with Crippen LogP contribution in [-0.4, -0.2) is 103 Å². The van der Waals surface area contributed by atoms with E-state index < -0.39 is 33.3 Å². The molecule has 17 heteroatoms. The summed E-state index contributed by atoms with van der Waals surface area (Å²) in [6, 6.07) is 18.2. The van der Waals surface area contributed by atoms with Crippen molar-refractivity contribution in [1.29, 1.82) is 0 Å². The molecular formula is C45H48F3N9O4S. The van der Waals surface area contributed by atoms with Crippen molar-refractivity contribution in [2.45, 2.75) is 44.4 Å². The van der Waals surface area contributed by atoms with Gasteiger partial charge in [-0.15, -0.1) is 0 Å². The molecule has 0 aliphatic carbocycles. The molecule has 0 unspecified atom stereocenters. The summed E-state index contributed by atoms with van der Waals surface area (Å²) < 4.78 is 78.2. The molecule has 0 bridgehead atoms. The molecule has 62 heavy (non-hydrogen) atoms. The summed E-state index contributed by atoms with van der Waals surface area (Å²) in [5, 5.41) is 7.09. The second-order valence-corrected chi connectivity index (χ2v) is 18.2. The minimum atomic E-state index is -4.12. The van der Waals surface area contributed by atoms with Crippen molar-refractivity contribution < 1.29 is 31.2 Å². The smallest absolute Gasteiger partial charge is 0.301 e. The summed E-state index contributed by atoms with van der Waals surface area (Å²) in [6.45, 7) is 6.64. The van der Waals surface area contributed by atoms with E-state index in [9.17, 15) is 18.0 Å². The quantitative estimate of drug-likeness (QED) is 0.146. The Kier molecular flexibility index (Phi) is 11.8. The highest BCUT2D eigenvalue weighted by molar-refractivity contribution is 7.90. The van der Waals surface area contributed by atoms with Gasteiger partial charge in [0, 0.05) is 118 Å². The van der Waals surface area contributed by atoms with Crippen LogP contribution in [0.4, 0.5) is 30.2 Å². The van der Waals surface area contributed by atoms with Crippen LogP contribution in [0.15, 0.2) is 85.3 Å². The van der Waals surface area contributed by atoms with Gasteiger partial charge in [-0.2, -0.15) is 17.8 Å². The lowest BCUT2D eigenvalue weighted by atomic mass is 9.90. The predicted octanol–water partition coefficient (Wildman–Crippen LogP) is 6.33. The molecule has 324 valence electrons. The van der Waals surface area contributed by atoms with Crippen LogP contribution in [-0.2, 0) is 19.8 Å². The van der Waals surface area contributed by atoms with E-state index in [4.69, 9.17) is 0 Å². The molecule has 0 radical (unpaired) electrons. The number of rotatable bonds is 11. The first-order valence-electron chi connectivity index (χ1n) is 21.2. The van der Waals surface area contributed by atoms with E-state index in [1.165, 1.54) is 33.6 Å². The largest absolute Gasteiger partial charge is 0.372 e. The summed E-state index contributed by atoms with van der Waals surface area (Å²) in [7, 11) is -4.12. The number of hydrogen-bond donors (Lipinski definition) is 2. The van der Waals surface area contributed by atoms with E-state index in [-0.39, 0.29) is 53.3 Å². The number of nitrogens with one attached hydrogen (secondary N) is 2. The minimum Gasteiger partial charge on any atom is -0.372 e. The molecule has 3 aromatic carbocycles. The molecule has 4 fully saturated rings. The molecule has 2 aromatic heterocycles. The number of aromatic nitrogens is 3. The van der Waals surface area contributed by atoms with Crippen molar-refractivity contribution in [2.75, 3.05) is 73.4 Å². The van der Waals surface area contributed by atoms with Gasteiger partial charge in [-0.25, -0.2) is 17.9 Å². The highest BCUT2D eigenvalue weighted by Gasteiger charge is 2.31. The molecule has 0 spiro atoms. The second-order valence-electron chi connectivity index (χ2n) is 16.5. The minimum absolute atomic E-state index is 0.109. The molecule has 1 atom stereocenters. The molecule has 9 rings (SSSR count). The Balaban J connectivity index is 0.840. The molecule has 4 saturated heterocycles. The SMILES string of the molecule is O=C1CC[C@H](c2ccc(N3CCC(CN4CCN(c5ccc(-n6cc(-c7cc(F)cc(NS(=O)(=O)N8CCCC8)c7F)c(-c7ccncc7)n6)c(F)c5)CC4)CC3)cc2)C(=O)N1. The van der Waals surface area contributed by atoms with Crippen molar-refractivity contribution in [3.8, 4) is 28.1 Å². The molecule has 2 amide bonds. The number of nitrogens with zero attached hydrogens (tertiary/aromatic N) is 7. The first-order chi connectivity index (χ1) is 30.0. The van der Waals surface area contributed by atoms with Gasteiger partial charge < -0.3 is 9.80 Å². The highest BCUT2D eigenvalue weighted by atomic mass is 32.2. The molecule has 2 N–H and O–H groups in total. The van der Waals surface area contributed by atoms with Crippen molar-refractivity contribution >= 4 is 39.1 Å². The third-order valence-electron chi connectivity index (χ3n) is 12.6. The lowest BCUT2D eigenvalue weighted by molar-refractivity contribution is -0.134. The van der Waals surface area contributed by atoms with Crippen LogP contribution in [0.25, 0.3) is 28.1 Å². The predicted molar refractivity (Wildman–Crippen MR) is 231 cm³/mol. The van der Waals surface area contributed by atoms with E-state index >= 15 is 13.2 Å². The third-order valence-corrected chi connectivity index (χ3v) is 14.1. The number of halogens is 3. The number of pyridine rings is 1. The van der Waals surface area contributed by atoms with Gasteiger partial charge in [0.15, 0.2) is 11.6 Å². The summed E-state index contributed by atoms with van der Waals surface area (Å²) >= 11 is 0. The normalized spacial score (nSPS) is 19.6. The summed E-state index contributed by atoms with van der Waals surface area (Å²) in [5.74, 6) is -2.53. The first kappa shape index (κ1) is 41.6. The average Bonchev–Trinajstić information content (AvgIpc) is 3.99. The fourth-order valence-corrected chi connectivity index (χ4v) is 10.4. The molecule has 0 saturated carbocycles. The Labute approximate surface area is 358 Å². The van der Waals surface area contributed by atoms with E-state index in [0.717, 1.165) is 87.7 Å². The van der Waals surface area contributed by atoms with Crippen LogP contribution in [0, 0.1) is 23.4 Å². The van der Waals surface area contributed by atoms with Crippen LogP contribution in [0.5, 0.6) is 0 Å². The van der Waals surface area contributed by atoms with E-state index in [1.54, 1.807) is 18.2 Å². The zero-order valence-electron chi connectivity index (χ0n) is 34.1. The Morgan fingerprint density at radius 2 is 1.45 bits per heavy atom. The maximum Gasteiger partial charge on any atom is 0.301 e. The van der Waals surface area contributed by atoms with Crippen molar-refractivity contribution in [3.63, 3.8) is 0 Å². The summed E-state index contributed by atoms with van der Waals surface area (Å²) in [6.07, 6.45) is 8.89. The summed E-state index contributed by atoms with van der Waals surface area (Å²) in [5.41, 5.74) is 3.05. The first-order valence-corrected chi connectivity index (χ1v) is 22.7. The average molecular weight is 868 g/mol. The lowest BCUT2D eigenvalue weighted by Gasteiger charge is -2.40. The van der Waals surface area contributed by atoms with Crippen molar-refractivity contribution in [3.05, 3.63) is 108 Å². The number of piperazine rings is 1. The van der Waals surface area contributed by atoms with Crippen LogP contribution in [0.1, 0.15) is 50.0 Å². The van der Waals surface area contributed by atoms with E-state index in [1.807, 2.05) is 18.2 Å². The van der Waals surface area contributed by atoms with Crippen molar-refractivity contribution in [2.24, 2.45) is 5.92 Å². The molecule has 6 heterocycles. The van der Waals surface area contributed by atoms with Gasteiger partial charge in [-0.05, 0) is 92.1 Å². The number of hydrogen-bond acceptors (Lipinski definition) is 9. The monoisotopic (exact) mass is 867 g/mol. The van der Waals surface area contributed by atoms with Crippen LogP contribution in [0.2, 0.25) is 0 Å². The Morgan fingerprint density at radius 3 is 2.15 bits per heavy atom. The number of benzene rings is 3. The van der Waals surface area contributed by atoms with Gasteiger partial charge in [0.05, 0.1) is 11.6 Å². The van der Waals surface area contributed by atoms with Crippen LogP contribution in [0.3, 0.4) is 0 Å². The Hall–Kier alpha value is -5.78. The molecular weight excluding hydrogens is 820 g/mol. The fourth-order valence-electron chi connectivity index (χ4n) is 9.14. The maximum absolute atomic E-state index is 16.3. The third kappa shape index (κ3) is 8.78. The molecule has 4 aliphatic heterocycles. The van der Waals surface area contributed by atoms with Gasteiger partial charge in [0.25, 0.3) is 0 Å². The molecule has 5 aromatic rings. The van der Waals surface area contributed by atoms with E-state index in [2.05, 4.69) is 47.0 Å². The van der Waals surface area contributed by atoms with Gasteiger partial charge in [0.2, 0.25) is 11.8 Å². The van der Waals surface area contributed by atoms with Crippen LogP contribution >= 0.6 is 0 Å². The standard InChI is InChI=1S/C45H48F3N9O4S/c46-33-25-37(43(48)40(26-33)52-62(60,61)56-17-1-2-18-56)38-29-57(51-44(38)32-11-15-49-16-12-32)41-9-7-35(27-39(41)47)55-23-21-53(22-24-55)28-30-13-19-54(20-14-30)34-5-3-31(4-6-34)36-8-10-42(58)50-45(36)59/h3-7,9,11-12,15-16,25-27,29-30,36,52H,1-2,8,10,13-14,17-24,28H2,(H,50,58,59)/t36-/m1/s1. The van der Waals surface area contributed by atoms with Crippen LogP contribution < -0.4 is 19.8 Å². The van der Waals surface area contributed by atoms with Gasteiger partial charge in [-0.1, -0.05) is 12.1 Å². The topological polar surface area (TPSA) is 136 Å². The second kappa shape index (κ2) is 17.5. The van der Waals surface area contributed by atoms with Gasteiger partial charge in [0.1, 0.15) is 17.2 Å². The Morgan fingerprint density at radius 1 is 0.758 bits per heavy atom. The van der Waals surface area contributed by atoms with Gasteiger partial charge >= 0.3 is 10.2 Å². The molecule has 4 aliphatic rings. The number of carbonyl (C=O) groups excluding carboxylic acids is 2.